The van der Waals surface area contributed by atoms with E-state index in [9.17, 15) is 14.0 Å². The van der Waals surface area contributed by atoms with Gasteiger partial charge in [-0.05, 0) is 30.7 Å². The van der Waals surface area contributed by atoms with E-state index in [1.807, 2.05) is 41.3 Å². The number of amides is 2. The Labute approximate surface area is 158 Å². The third-order valence-electron chi connectivity index (χ3n) is 4.68. The van der Waals surface area contributed by atoms with Crippen LogP contribution in [0.25, 0.3) is 0 Å². The third-order valence-corrected chi connectivity index (χ3v) is 4.68. The SMILES string of the molecule is O=C(CCCC(=O)N1CCN(c2ccccc2F)CC1)Nc1ccccc1. The molecule has 2 aromatic rings. The summed E-state index contributed by atoms with van der Waals surface area (Å²) in [4.78, 5) is 28.0. The molecule has 1 saturated heterocycles. The average molecular weight is 369 g/mol. The van der Waals surface area contributed by atoms with Crippen LogP contribution < -0.4 is 10.2 Å². The van der Waals surface area contributed by atoms with E-state index in [0.717, 1.165) is 5.69 Å². The molecular formula is C21H24FN3O2. The predicted molar refractivity (Wildman–Crippen MR) is 104 cm³/mol. The lowest BCUT2D eigenvalue weighted by Gasteiger charge is -2.36. The van der Waals surface area contributed by atoms with Gasteiger partial charge in [-0.15, -0.1) is 0 Å². The molecule has 1 N–H and O–H groups in total. The molecule has 0 unspecified atom stereocenters. The molecule has 1 heterocycles. The van der Waals surface area contributed by atoms with Gasteiger partial charge in [0.05, 0.1) is 5.69 Å². The smallest absolute Gasteiger partial charge is 0.224 e. The van der Waals surface area contributed by atoms with Crippen LogP contribution in [0.1, 0.15) is 19.3 Å². The first kappa shape index (κ1) is 18.9. The highest BCUT2D eigenvalue weighted by molar-refractivity contribution is 5.90. The Hall–Kier alpha value is -2.89. The number of carbonyl (C=O) groups is 2. The number of nitrogens with zero attached hydrogens (tertiary/aromatic N) is 2. The van der Waals surface area contributed by atoms with Crippen LogP contribution in [0.3, 0.4) is 0 Å². The van der Waals surface area contributed by atoms with Gasteiger partial charge in [0.2, 0.25) is 11.8 Å². The maximum Gasteiger partial charge on any atom is 0.224 e. The van der Waals surface area contributed by atoms with Crippen molar-refractivity contribution in [3.8, 4) is 0 Å². The van der Waals surface area contributed by atoms with Gasteiger partial charge in [0.1, 0.15) is 5.82 Å². The van der Waals surface area contributed by atoms with Crippen LogP contribution in [-0.4, -0.2) is 42.9 Å². The largest absolute Gasteiger partial charge is 0.366 e. The highest BCUT2D eigenvalue weighted by Gasteiger charge is 2.22. The monoisotopic (exact) mass is 369 g/mol. The van der Waals surface area contributed by atoms with E-state index < -0.39 is 0 Å². The number of carbonyl (C=O) groups excluding carboxylic acids is 2. The lowest BCUT2D eigenvalue weighted by atomic mass is 10.2. The number of hydrogen-bond donors (Lipinski definition) is 1. The van der Waals surface area contributed by atoms with E-state index in [1.165, 1.54) is 6.07 Å². The van der Waals surface area contributed by atoms with Crippen LogP contribution in [0.5, 0.6) is 0 Å². The number of halogens is 1. The Morgan fingerprint density at radius 3 is 2.26 bits per heavy atom. The average Bonchev–Trinajstić information content (AvgIpc) is 2.69. The molecule has 6 heteroatoms. The third kappa shape index (κ3) is 5.29. The van der Waals surface area contributed by atoms with Crippen molar-refractivity contribution < 1.29 is 14.0 Å². The van der Waals surface area contributed by atoms with Crippen molar-refractivity contribution in [1.82, 2.24) is 4.90 Å². The summed E-state index contributed by atoms with van der Waals surface area (Å²) in [5.41, 5.74) is 1.35. The summed E-state index contributed by atoms with van der Waals surface area (Å²) in [6.45, 7) is 2.37. The molecular weight excluding hydrogens is 345 g/mol. The lowest BCUT2D eigenvalue weighted by molar-refractivity contribution is -0.131. The zero-order valence-corrected chi connectivity index (χ0v) is 15.2. The zero-order chi connectivity index (χ0) is 19.1. The van der Waals surface area contributed by atoms with Gasteiger partial charge in [-0.3, -0.25) is 9.59 Å². The van der Waals surface area contributed by atoms with Gasteiger partial charge in [-0.2, -0.15) is 0 Å². The van der Waals surface area contributed by atoms with Crippen molar-refractivity contribution in [3.63, 3.8) is 0 Å². The molecule has 0 saturated carbocycles. The molecule has 1 aliphatic heterocycles. The normalized spacial score (nSPS) is 14.1. The van der Waals surface area contributed by atoms with Gasteiger partial charge < -0.3 is 15.1 Å². The molecule has 0 aromatic heterocycles. The molecule has 2 amide bonds. The highest BCUT2D eigenvalue weighted by Crippen LogP contribution is 2.20. The lowest BCUT2D eigenvalue weighted by Crippen LogP contribution is -2.49. The van der Waals surface area contributed by atoms with E-state index >= 15 is 0 Å². The van der Waals surface area contributed by atoms with Crippen molar-refractivity contribution in [2.24, 2.45) is 0 Å². The number of hydrogen-bond acceptors (Lipinski definition) is 3. The molecule has 27 heavy (non-hydrogen) atoms. The first-order valence-electron chi connectivity index (χ1n) is 9.25. The summed E-state index contributed by atoms with van der Waals surface area (Å²) in [5.74, 6) is -0.268. The minimum Gasteiger partial charge on any atom is -0.366 e. The summed E-state index contributed by atoms with van der Waals surface area (Å²) in [6.07, 6.45) is 1.18. The molecule has 3 rings (SSSR count). The Kier molecular flexibility index (Phi) is 6.41. The Morgan fingerprint density at radius 2 is 1.56 bits per heavy atom. The van der Waals surface area contributed by atoms with E-state index in [1.54, 1.807) is 17.0 Å². The minimum absolute atomic E-state index is 0.0516. The second-order valence-corrected chi connectivity index (χ2v) is 6.59. The number of para-hydroxylation sites is 2. The number of anilines is 2. The first-order valence-corrected chi connectivity index (χ1v) is 9.25. The molecule has 1 fully saturated rings. The summed E-state index contributed by atoms with van der Waals surface area (Å²) in [6, 6.07) is 16.0. The van der Waals surface area contributed by atoms with Crippen LogP contribution in [0.2, 0.25) is 0 Å². The molecule has 142 valence electrons. The molecule has 5 nitrogen and oxygen atoms in total. The van der Waals surface area contributed by atoms with Crippen LogP contribution >= 0.6 is 0 Å². The van der Waals surface area contributed by atoms with E-state index in [2.05, 4.69) is 5.32 Å². The molecule has 0 radical (unpaired) electrons. The van der Waals surface area contributed by atoms with Crippen molar-refractivity contribution in [2.75, 3.05) is 36.4 Å². The Morgan fingerprint density at radius 1 is 0.889 bits per heavy atom. The van der Waals surface area contributed by atoms with E-state index in [4.69, 9.17) is 0 Å². The first-order chi connectivity index (χ1) is 13.1. The fraction of sp³-hybridized carbons (Fsp3) is 0.333. The fourth-order valence-electron chi connectivity index (χ4n) is 3.21. The van der Waals surface area contributed by atoms with Crippen molar-refractivity contribution in [3.05, 3.63) is 60.4 Å². The maximum absolute atomic E-state index is 13.9. The fourth-order valence-corrected chi connectivity index (χ4v) is 3.21. The van der Waals surface area contributed by atoms with Gasteiger partial charge in [-0.1, -0.05) is 30.3 Å². The molecule has 0 atom stereocenters. The highest BCUT2D eigenvalue weighted by atomic mass is 19.1. The molecule has 0 aliphatic carbocycles. The van der Waals surface area contributed by atoms with Gasteiger partial charge in [0.25, 0.3) is 0 Å². The van der Waals surface area contributed by atoms with Gasteiger partial charge in [0.15, 0.2) is 0 Å². The number of nitrogens with one attached hydrogen (secondary N) is 1. The van der Waals surface area contributed by atoms with Gasteiger partial charge in [-0.25, -0.2) is 4.39 Å². The topological polar surface area (TPSA) is 52.7 Å². The molecule has 2 aromatic carbocycles. The predicted octanol–water partition coefficient (Wildman–Crippen LogP) is 3.28. The standard InChI is InChI=1S/C21H24FN3O2/c22-18-9-4-5-10-19(18)24-13-15-25(16-14-24)21(27)12-6-11-20(26)23-17-7-2-1-3-8-17/h1-5,7-10H,6,11-16H2,(H,23,26). The van der Waals surface area contributed by atoms with Crippen LogP contribution in [0.4, 0.5) is 15.8 Å². The van der Waals surface area contributed by atoms with Crippen molar-refractivity contribution >= 4 is 23.2 Å². The quantitative estimate of drug-likeness (QED) is 0.850. The number of rotatable bonds is 6. The summed E-state index contributed by atoms with van der Waals surface area (Å²) in [7, 11) is 0. The number of piperazine rings is 1. The van der Waals surface area contributed by atoms with Gasteiger partial charge >= 0.3 is 0 Å². The maximum atomic E-state index is 13.9. The second-order valence-electron chi connectivity index (χ2n) is 6.59. The Balaban J connectivity index is 1.38. The van der Waals surface area contributed by atoms with Crippen LogP contribution in [0, 0.1) is 5.82 Å². The summed E-state index contributed by atoms with van der Waals surface area (Å²) < 4.78 is 13.9. The minimum atomic E-state index is -0.235. The summed E-state index contributed by atoms with van der Waals surface area (Å²) in [5, 5.41) is 2.82. The van der Waals surface area contributed by atoms with E-state index in [0.29, 0.717) is 51.1 Å². The van der Waals surface area contributed by atoms with Gasteiger partial charge in [0, 0.05) is 44.7 Å². The van der Waals surface area contributed by atoms with Crippen molar-refractivity contribution in [1.29, 1.82) is 0 Å². The molecule has 1 aliphatic rings. The molecule has 0 spiro atoms. The van der Waals surface area contributed by atoms with Crippen LogP contribution in [0.15, 0.2) is 54.6 Å². The molecule has 0 bridgehead atoms. The van der Waals surface area contributed by atoms with Crippen molar-refractivity contribution in [2.45, 2.75) is 19.3 Å². The zero-order valence-electron chi connectivity index (χ0n) is 15.2. The Bertz CT molecular complexity index is 774. The van der Waals surface area contributed by atoms with E-state index in [-0.39, 0.29) is 17.6 Å². The number of benzene rings is 2. The van der Waals surface area contributed by atoms with Crippen LogP contribution in [-0.2, 0) is 9.59 Å². The second kappa shape index (κ2) is 9.16. The summed E-state index contributed by atoms with van der Waals surface area (Å²) >= 11 is 0.